The van der Waals surface area contributed by atoms with Crippen LogP contribution in [0.2, 0.25) is 0 Å². The predicted octanol–water partition coefficient (Wildman–Crippen LogP) is 16.6. The van der Waals surface area contributed by atoms with E-state index in [-0.39, 0.29) is 0 Å². The van der Waals surface area contributed by atoms with Crippen LogP contribution in [0.1, 0.15) is 0 Å². The van der Waals surface area contributed by atoms with Gasteiger partial charge in [-0.25, -0.2) is 9.97 Å². The van der Waals surface area contributed by atoms with Crippen LogP contribution in [-0.2, 0) is 0 Å². The summed E-state index contributed by atoms with van der Waals surface area (Å²) in [5.41, 5.74) is 14.8. The minimum absolute atomic E-state index is 0.669. The Kier molecular flexibility index (Phi) is 8.18. The largest absolute Gasteiger partial charge is 0.456 e. The molecule has 0 radical (unpaired) electrons. The summed E-state index contributed by atoms with van der Waals surface area (Å²) in [4.78, 5) is 10.6. The van der Waals surface area contributed by atoms with E-state index < -0.39 is 0 Å². The Bertz CT molecular complexity index is 3820. The number of rotatable bonds is 6. The molecule has 298 valence electrons. The van der Waals surface area contributed by atoms with E-state index in [0.717, 1.165) is 99.8 Å². The summed E-state index contributed by atoms with van der Waals surface area (Å²) in [5.74, 6) is 0.669. The molecule has 3 aromatic heterocycles. The van der Waals surface area contributed by atoms with E-state index in [1.165, 1.54) is 27.1 Å². The third-order valence-electron chi connectivity index (χ3n) is 12.7. The summed E-state index contributed by atoms with van der Waals surface area (Å²) in [7, 11) is 0. The first-order valence-electron chi connectivity index (χ1n) is 21.6. The fourth-order valence-corrected chi connectivity index (χ4v) is 9.49. The Morgan fingerprint density at radius 1 is 0.250 bits per heavy atom. The second-order valence-electron chi connectivity index (χ2n) is 16.5. The summed E-state index contributed by atoms with van der Waals surface area (Å²) in [6.07, 6.45) is 0. The highest BCUT2D eigenvalue weighted by molar-refractivity contribution is 6.14. The van der Waals surface area contributed by atoms with Gasteiger partial charge in [0.25, 0.3) is 0 Å². The lowest BCUT2D eigenvalue weighted by Gasteiger charge is -2.14. The van der Waals surface area contributed by atoms with E-state index in [9.17, 15) is 0 Å². The first-order chi connectivity index (χ1) is 31.7. The third-order valence-corrected chi connectivity index (χ3v) is 12.7. The molecule has 3 heterocycles. The number of nitrogens with zero attached hydrogens (tertiary/aromatic N) is 2. The molecule has 0 atom stereocenters. The van der Waals surface area contributed by atoms with Gasteiger partial charge in [-0.3, -0.25) is 0 Å². The topological polar surface area (TPSA) is 52.1 Å². The number of hydrogen-bond donors (Lipinski definition) is 0. The normalized spacial score (nSPS) is 11.8. The van der Waals surface area contributed by atoms with Crippen molar-refractivity contribution < 1.29 is 8.83 Å². The van der Waals surface area contributed by atoms with E-state index in [2.05, 4.69) is 176 Å². The van der Waals surface area contributed by atoms with Crippen molar-refractivity contribution in [2.75, 3.05) is 0 Å². The summed E-state index contributed by atoms with van der Waals surface area (Å²) in [6, 6.07) is 77.1. The standard InChI is InChI=1S/C60H36N2O2/c1-2-12-39(13-3-1)60-61-54(38-24-22-37(23-25-38)51-35-42-14-4-5-15-46(42)47-16-6-7-17-48(47)51)36-55(62-60)45-31-43(40-26-28-58-52(33-40)49-18-8-10-20-56(49)63-58)30-44(32-45)41-27-29-59-53(34-41)50-19-9-11-21-57(50)64-59/h1-36H. The van der Waals surface area contributed by atoms with Gasteiger partial charge in [0, 0.05) is 38.2 Å². The molecule has 0 N–H and O–H groups in total. The quantitative estimate of drug-likeness (QED) is 0.157. The average Bonchev–Trinajstić information content (AvgIpc) is 3.94. The molecular formula is C60H36N2O2. The van der Waals surface area contributed by atoms with Crippen molar-refractivity contribution in [3.05, 3.63) is 218 Å². The highest BCUT2D eigenvalue weighted by atomic mass is 16.3. The second kappa shape index (κ2) is 14.5. The van der Waals surface area contributed by atoms with Gasteiger partial charge in [0.2, 0.25) is 0 Å². The molecule has 13 aromatic rings. The van der Waals surface area contributed by atoms with Crippen LogP contribution in [0.25, 0.3) is 133 Å². The Hall–Kier alpha value is -8.60. The molecule has 0 saturated carbocycles. The number of furan rings is 2. The van der Waals surface area contributed by atoms with Crippen molar-refractivity contribution in [1.29, 1.82) is 0 Å². The maximum absolute atomic E-state index is 6.25. The molecule has 4 nitrogen and oxygen atoms in total. The minimum atomic E-state index is 0.669. The van der Waals surface area contributed by atoms with Gasteiger partial charge in [0.05, 0.1) is 11.4 Å². The molecule has 0 amide bonds. The molecule has 0 aliphatic heterocycles. The Labute approximate surface area is 368 Å². The van der Waals surface area contributed by atoms with Gasteiger partial charge < -0.3 is 8.83 Å². The second-order valence-corrected chi connectivity index (χ2v) is 16.5. The van der Waals surface area contributed by atoms with Crippen molar-refractivity contribution in [2.45, 2.75) is 0 Å². The lowest BCUT2D eigenvalue weighted by atomic mass is 9.92. The highest BCUT2D eigenvalue weighted by Crippen LogP contribution is 2.40. The van der Waals surface area contributed by atoms with Crippen molar-refractivity contribution in [3.8, 4) is 67.3 Å². The van der Waals surface area contributed by atoms with Gasteiger partial charge in [0.15, 0.2) is 5.82 Å². The van der Waals surface area contributed by atoms with Crippen LogP contribution >= 0.6 is 0 Å². The molecule has 10 aromatic carbocycles. The summed E-state index contributed by atoms with van der Waals surface area (Å²) < 4.78 is 12.5. The molecule has 64 heavy (non-hydrogen) atoms. The van der Waals surface area contributed by atoms with Crippen molar-refractivity contribution in [1.82, 2.24) is 9.97 Å². The van der Waals surface area contributed by atoms with Crippen molar-refractivity contribution in [2.24, 2.45) is 0 Å². The Morgan fingerprint density at radius 3 is 1.36 bits per heavy atom. The zero-order valence-corrected chi connectivity index (χ0v) is 34.5. The number of para-hydroxylation sites is 2. The van der Waals surface area contributed by atoms with Gasteiger partial charge in [-0.2, -0.15) is 0 Å². The van der Waals surface area contributed by atoms with Gasteiger partial charge in [-0.1, -0.05) is 152 Å². The SMILES string of the molecule is c1ccc(-c2nc(-c3ccc(-c4cc5ccccc5c5ccccc45)cc3)cc(-c3cc(-c4ccc5oc6ccccc6c5c4)cc(-c4ccc5oc6ccccc6c5c4)c3)n2)cc1. The van der Waals surface area contributed by atoms with Gasteiger partial charge in [0.1, 0.15) is 22.3 Å². The monoisotopic (exact) mass is 816 g/mol. The molecule has 0 bridgehead atoms. The number of benzene rings is 10. The average molecular weight is 817 g/mol. The van der Waals surface area contributed by atoms with Crippen LogP contribution in [0, 0.1) is 0 Å². The van der Waals surface area contributed by atoms with Crippen LogP contribution in [0.4, 0.5) is 0 Å². The minimum Gasteiger partial charge on any atom is -0.456 e. The van der Waals surface area contributed by atoms with E-state index >= 15 is 0 Å². The van der Waals surface area contributed by atoms with Crippen LogP contribution < -0.4 is 0 Å². The molecule has 0 unspecified atom stereocenters. The molecule has 0 saturated heterocycles. The molecule has 4 heteroatoms. The van der Waals surface area contributed by atoms with Crippen LogP contribution in [0.5, 0.6) is 0 Å². The number of hydrogen-bond acceptors (Lipinski definition) is 4. The third kappa shape index (κ3) is 6.07. The van der Waals surface area contributed by atoms with Crippen LogP contribution in [0.3, 0.4) is 0 Å². The van der Waals surface area contributed by atoms with E-state index in [4.69, 9.17) is 18.8 Å². The molecule has 0 spiro atoms. The maximum Gasteiger partial charge on any atom is 0.160 e. The van der Waals surface area contributed by atoms with Gasteiger partial charge in [-0.05, 0) is 122 Å². The van der Waals surface area contributed by atoms with E-state index in [0.29, 0.717) is 5.82 Å². The van der Waals surface area contributed by atoms with E-state index in [1.807, 2.05) is 42.5 Å². The predicted molar refractivity (Wildman–Crippen MR) is 264 cm³/mol. The molecular weight excluding hydrogens is 781 g/mol. The molecule has 0 fully saturated rings. The lowest BCUT2D eigenvalue weighted by Crippen LogP contribution is -1.96. The van der Waals surface area contributed by atoms with Crippen LogP contribution in [0.15, 0.2) is 227 Å². The van der Waals surface area contributed by atoms with Crippen molar-refractivity contribution in [3.63, 3.8) is 0 Å². The summed E-state index contributed by atoms with van der Waals surface area (Å²) >= 11 is 0. The fourth-order valence-electron chi connectivity index (χ4n) is 9.49. The maximum atomic E-state index is 6.25. The first-order valence-corrected chi connectivity index (χ1v) is 21.6. The lowest BCUT2D eigenvalue weighted by molar-refractivity contribution is 0.668. The van der Waals surface area contributed by atoms with Gasteiger partial charge >= 0.3 is 0 Å². The molecule has 0 aliphatic carbocycles. The summed E-state index contributed by atoms with van der Waals surface area (Å²) in [6.45, 7) is 0. The van der Waals surface area contributed by atoms with Crippen LogP contribution in [-0.4, -0.2) is 9.97 Å². The van der Waals surface area contributed by atoms with Crippen molar-refractivity contribution >= 4 is 65.4 Å². The van der Waals surface area contributed by atoms with E-state index in [1.54, 1.807) is 0 Å². The zero-order chi connectivity index (χ0) is 42.1. The molecule has 13 rings (SSSR count). The molecule has 0 aliphatic rings. The Morgan fingerprint density at radius 2 is 0.719 bits per heavy atom. The fraction of sp³-hybridized carbons (Fsp3) is 0. The highest BCUT2D eigenvalue weighted by Gasteiger charge is 2.17. The smallest absolute Gasteiger partial charge is 0.160 e. The zero-order valence-electron chi connectivity index (χ0n) is 34.5. The number of fused-ring (bicyclic) bond motifs is 9. The Balaban J connectivity index is 0.989. The first kappa shape index (κ1) is 36.1. The number of aromatic nitrogens is 2. The summed E-state index contributed by atoms with van der Waals surface area (Å²) in [5, 5.41) is 9.35. The van der Waals surface area contributed by atoms with Gasteiger partial charge in [-0.15, -0.1) is 0 Å².